The fourth-order valence-corrected chi connectivity index (χ4v) is 0.818. The van der Waals surface area contributed by atoms with Crippen LogP contribution in [0.3, 0.4) is 0 Å². The normalized spacial score (nSPS) is 12.1. The molecular weight excluding hydrogens is 208 g/mol. The molecule has 6 heteroatoms. The lowest BCUT2D eigenvalue weighted by Crippen LogP contribution is -2.37. The molecule has 16 heavy (non-hydrogen) atoms. The number of carbonyl (C=O) groups excluding carboxylic acids is 2. The van der Waals surface area contributed by atoms with Crippen LogP contribution < -0.4 is 22.1 Å². The minimum atomic E-state index is -0.351. The van der Waals surface area contributed by atoms with E-state index in [1.54, 1.807) is 13.8 Å². The van der Waals surface area contributed by atoms with E-state index in [1.165, 1.54) is 12.2 Å². The van der Waals surface area contributed by atoms with Crippen LogP contribution in [0.1, 0.15) is 13.8 Å². The Balaban J connectivity index is 3.78. The van der Waals surface area contributed by atoms with Crippen LogP contribution in [-0.2, 0) is 9.59 Å². The second-order valence-electron chi connectivity index (χ2n) is 3.00. The summed E-state index contributed by atoms with van der Waals surface area (Å²) in [5, 5.41) is 5.08. The van der Waals surface area contributed by atoms with Gasteiger partial charge in [0.15, 0.2) is 0 Å². The molecule has 6 nitrogen and oxygen atoms in total. The molecule has 0 fully saturated rings. The number of hydrogen-bond donors (Lipinski definition) is 4. The highest BCUT2D eigenvalue weighted by atomic mass is 16.2. The van der Waals surface area contributed by atoms with Crippen molar-refractivity contribution in [2.45, 2.75) is 13.8 Å². The van der Waals surface area contributed by atoms with Crippen molar-refractivity contribution in [3.8, 4) is 0 Å². The summed E-state index contributed by atoms with van der Waals surface area (Å²) >= 11 is 0. The zero-order valence-corrected chi connectivity index (χ0v) is 9.54. The first-order valence-electron chi connectivity index (χ1n) is 4.92. The summed E-state index contributed by atoms with van der Waals surface area (Å²) in [5.41, 5.74) is 11.0. The van der Waals surface area contributed by atoms with Crippen LogP contribution in [0.25, 0.3) is 0 Å². The van der Waals surface area contributed by atoms with E-state index in [2.05, 4.69) is 10.6 Å². The average molecular weight is 226 g/mol. The van der Waals surface area contributed by atoms with Crippen molar-refractivity contribution in [1.29, 1.82) is 0 Å². The molecule has 0 heterocycles. The zero-order valence-electron chi connectivity index (χ0n) is 9.54. The molecule has 0 aromatic carbocycles. The third-order valence-corrected chi connectivity index (χ3v) is 1.84. The van der Waals surface area contributed by atoms with E-state index in [-0.39, 0.29) is 23.2 Å². The highest BCUT2D eigenvalue weighted by molar-refractivity contribution is 5.93. The molecule has 0 rings (SSSR count). The predicted octanol–water partition coefficient (Wildman–Crippen LogP) is -1.06. The van der Waals surface area contributed by atoms with Gasteiger partial charge < -0.3 is 22.1 Å². The number of nitrogens with one attached hydrogen (secondary N) is 2. The molecule has 0 atom stereocenters. The molecule has 0 aromatic rings. The van der Waals surface area contributed by atoms with Crippen molar-refractivity contribution in [1.82, 2.24) is 10.6 Å². The molecule has 2 amide bonds. The summed E-state index contributed by atoms with van der Waals surface area (Å²) in [7, 11) is 0. The van der Waals surface area contributed by atoms with Gasteiger partial charge in [-0.2, -0.15) is 0 Å². The third kappa shape index (κ3) is 5.04. The number of hydrogen-bond acceptors (Lipinski definition) is 4. The lowest BCUT2D eigenvalue weighted by Gasteiger charge is -2.06. The molecule has 6 N–H and O–H groups in total. The Morgan fingerprint density at radius 3 is 1.50 bits per heavy atom. The largest absolute Gasteiger partial charge is 0.395 e. The first-order valence-corrected chi connectivity index (χ1v) is 4.92. The van der Waals surface area contributed by atoms with Crippen molar-refractivity contribution < 1.29 is 9.59 Å². The van der Waals surface area contributed by atoms with Crippen LogP contribution >= 0.6 is 0 Å². The average Bonchev–Trinajstić information content (AvgIpc) is 2.31. The van der Waals surface area contributed by atoms with Gasteiger partial charge in [0.2, 0.25) is 0 Å². The van der Waals surface area contributed by atoms with E-state index in [0.717, 1.165) is 0 Å². The fraction of sp³-hybridized carbons (Fsp3) is 0.400. The van der Waals surface area contributed by atoms with Crippen molar-refractivity contribution in [2.24, 2.45) is 11.5 Å². The minimum absolute atomic E-state index is 0.152. The van der Waals surface area contributed by atoms with Crippen LogP contribution in [0.5, 0.6) is 0 Å². The molecule has 0 saturated carbocycles. The Labute approximate surface area is 94.7 Å². The first kappa shape index (κ1) is 14.0. The molecule has 0 aliphatic carbocycles. The van der Waals surface area contributed by atoms with Crippen LogP contribution in [0.4, 0.5) is 0 Å². The summed E-state index contributed by atoms with van der Waals surface area (Å²) in [4.78, 5) is 22.3. The van der Waals surface area contributed by atoms with E-state index in [1.807, 2.05) is 0 Å². The van der Waals surface area contributed by atoms with E-state index >= 15 is 0 Å². The summed E-state index contributed by atoms with van der Waals surface area (Å²) in [6.45, 7) is 3.94. The number of carbonyl (C=O) groups is 2. The predicted molar refractivity (Wildman–Crippen MR) is 61.9 cm³/mol. The minimum Gasteiger partial charge on any atom is -0.395 e. The Kier molecular flexibility index (Phi) is 6.42. The highest BCUT2D eigenvalue weighted by Gasteiger charge is 2.04. The molecule has 0 radical (unpaired) electrons. The molecular formula is C10H18N4O2. The van der Waals surface area contributed by atoms with E-state index in [9.17, 15) is 9.59 Å². The van der Waals surface area contributed by atoms with Gasteiger partial charge in [-0.3, -0.25) is 9.59 Å². The lowest BCUT2D eigenvalue weighted by atomic mass is 10.4. The van der Waals surface area contributed by atoms with Crippen LogP contribution in [0, 0.1) is 0 Å². The summed E-state index contributed by atoms with van der Waals surface area (Å²) in [6, 6.07) is 0. The van der Waals surface area contributed by atoms with E-state index < -0.39 is 0 Å². The highest BCUT2D eigenvalue weighted by Crippen LogP contribution is 1.83. The van der Waals surface area contributed by atoms with Crippen molar-refractivity contribution >= 4 is 11.8 Å². The molecule has 0 unspecified atom stereocenters. The maximum atomic E-state index is 11.2. The van der Waals surface area contributed by atoms with Crippen LogP contribution in [0.2, 0.25) is 0 Å². The third-order valence-electron chi connectivity index (χ3n) is 1.84. The maximum Gasteiger partial charge on any atom is 0.266 e. The molecule has 0 aromatic heterocycles. The lowest BCUT2D eigenvalue weighted by molar-refractivity contribution is -0.119. The number of nitrogens with two attached hydrogens (primary N) is 2. The monoisotopic (exact) mass is 226 g/mol. The zero-order chi connectivity index (χ0) is 12.6. The summed E-state index contributed by atoms with van der Waals surface area (Å²) in [5.74, 6) is -0.702. The molecule has 0 spiro atoms. The molecule has 0 aliphatic heterocycles. The van der Waals surface area contributed by atoms with Crippen molar-refractivity contribution in [3.63, 3.8) is 0 Å². The van der Waals surface area contributed by atoms with Gasteiger partial charge in [0.05, 0.1) is 11.4 Å². The first-order chi connectivity index (χ1) is 7.52. The van der Waals surface area contributed by atoms with Gasteiger partial charge in [0, 0.05) is 13.1 Å². The van der Waals surface area contributed by atoms with Gasteiger partial charge in [0.25, 0.3) is 11.8 Å². The van der Waals surface area contributed by atoms with Crippen LogP contribution in [-0.4, -0.2) is 24.9 Å². The smallest absolute Gasteiger partial charge is 0.266 e. The van der Waals surface area contributed by atoms with Crippen molar-refractivity contribution in [2.75, 3.05) is 13.1 Å². The van der Waals surface area contributed by atoms with E-state index in [4.69, 9.17) is 11.5 Å². The topological polar surface area (TPSA) is 110 Å². The Morgan fingerprint density at radius 2 is 1.25 bits per heavy atom. The molecule has 0 bridgehead atoms. The fourth-order valence-electron chi connectivity index (χ4n) is 0.818. The Bertz CT molecular complexity index is 289. The maximum absolute atomic E-state index is 11.2. The van der Waals surface area contributed by atoms with Gasteiger partial charge in [-0.25, -0.2) is 0 Å². The van der Waals surface area contributed by atoms with Gasteiger partial charge in [-0.15, -0.1) is 0 Å². The summed E-state index contributed by atoms with van der Waals surface area (Å²) in [6.07, 6.45) is 3.01. The Morgan fingerprint density at radius 1 is 0.938 bits per heavy atom. The molecule has 0 saturated heterocycles. The SMILES string of the molecule is CC=C(N)C(=O)NCCNC(=O)C(N)=CC. The molecule has 90 valence electrons. The number of amides is 2. The second-order valence-corrected chi connectivity index (χ2v) is 3.00. The quantitative estimate of drug-likeness (QED) is 0.354. The summed E-state index contributed by atoms with van der Waals surface area (Å²) < 4.78 is 0. The van der Waals surface area contributed by atoms with E-state index in [0.29, 0.717) is 13.1 Å². The number of rotatable bonds is 5. The van der Waals surface area contributed by atoms with Gasteiger partial charge in [-0.1, -0.05) is 12.2 Å². The standard InChI is InChI=1S/C10H18N4O2/c1-3-7(11)9(15)13-5-6-14-10(16)8(12)4-2/h3-4H,5-6,11-12H2,1-2H3,(H,13,15)(H,14,16). The second kappa shape index (κ2) is 7.33. The van der Waals surface area contributed by atoms with Gasteiger partial charge in [0.1, 0.15) is 0 Å². The van der Waals surface area contributed by atoms with Crippen molar-refractivity contribution in [3.05, 3.63) is 23.5 Å². The van der Waals surface area contributed by atoms with Gasteiger partial charge in [-0.05, 0) is 13.8 Å². The number of allylic oxidation sites excluding steroid dienone is 2. The van der Waals surface area contributed by atoms with Gasteiger partial charge >= 0.3 is 0 Å². The molecule has 0 aliphatic rings. The van der Waals surface area contributed by atoms with Crippen LogP contribution in [0.15, 0.2) is 23.5 Å². The Hall–Kier alpha value is -1.98.